The lowest BCUT2D eigenvalue weighted by Crippen LogP contribution is -2.08. The minimum absolute atomic E-state index is 0.157. The zero-order chi connectivity index (χ0) is 11.3. The normalized spacial score (nSPS) is 13.6. The number of hydrogen-bond donors (Lipinski definition) is 2. The molecule has 1 unspecified atom stereocenters. The van der Waals surface area contributed by atoms with Gasteiger partial charge in [-0.2, -0.15) is 0 Å². The van der Waals surface area contributed by atoms with Crippen LogP contribution in [0.1, 0.15) is 18.9 Å². The second kappa shape index (κ2) is 5.32. The van der Waals surface area contributed by atoms with E-state index in [1.54, 1.807) is 13.0 Å². The summed E-state index contributed by atoms with van der Waals surface area (Å²) in [5.41, 5.74) is 1.05. The molecule has 0 aliphatic carbocycles. The molecule has 0 aliphatic rings. The van der Waals surface area contributed by atoms with Gasteiger partial charge in [-0.05, 0) is 18.6 Å². The molecule has 1 aromatic rings. The fourth-order valence-electron chi connectivity index (χ4n) is 1.28. The monoisotopic (exact) mass is 206 g/mol. The van der Waals surface area contributed by atoms with E-state index in [1.807, 2.05) is 30.3 Å². The molecule has 0 aromatic heterocycles. The number of hydrogen-bond acceptors (Lipinski definition) is 2. The summed E-state index contributed by atoms with van der Waals surface area (Å²) in [5, 5.41) is 18.0. The molecule has 0 amide bonds. The van der Waals surface area contributed by atoms with E-state index in [0.29, 0.717) is 0 Å². The number of benzene rings is 1. The second-order valence-electron chi connectivity index (χ2n) is 3.44. The van der Waals surface area contributed by atoms with Gasteiger partial charge in [0.2, 0.25) is 0 Å². The first-order valence-corrected chi connectivity index (χ1v) is 4.76. The molecule has 1 aromatic carbocycles. The number of carboxylic acids is 1. The Bertz CT molecular complexity index is 352. The molecule has 3 heteroatoms. The molecule has 15 heavy (non-hydrogen) atoms. The van der Waals surface area contributed by atoms with Crippen LogP contribution in [0.2, 0.25) is 0 Å². The van der Waals surface area contributed by atoms with Crippen LogP contribution in [-0.4, -0.2) is 22.3 Å². The Morgan fingerprint density at radius 3 is 2.47 bits per heavy atom. The summed E-state index contributed by atoms with van der Waals surface area (Å²) in [7, 11) is 0. The van der Waals surface area contributed by atoms with Gasteiger partial charge in [0.1, 0.15) is 0 Å². The van der Waals surface area contributed by atoms with Crippen molar-refractivity contribution in [1.29, 1.82) is 0 Å². The van der Waals surface area contributed by atoms with Crippen molar-refractivity contribution in [3.63, 3.8) is 0 Å². The van der Waals surface area contributed by atoms with Crippen LogP contribution in [0.15, 0.2) is 35.9 Å². The maximum atomic E-state index is 10.9. The predicted octanol–water partition coefficient (Wildman–Crippen LogP) is 1.93. The lowest BCUT2D eigenvalue weighted by atomic mass is 10.1. The predicted molar refractivity (Wildman–Crippen MR) is 58.4 cm³/mol. The van der Waals surface area contributed by atoms with Crippen LogP contribution in [0.5, 0.6) is 0 Å². The average Bonchev–Trinajstić information content (AvgIpc) is 2.17. The van der Waals surface area contributed by atoms with Crippen LogP contribution in [0, 0.1) is 0 Å². The molecule has 0 fully saturated rings. The van der Waals surface area contributed by atoms with Gasteiger partial charge < -0.3 is 10.2 Å². The van der Waals surface area contributed by atoms with Gasteiger partial charge in [0.05, 0.1) is 6.10 Å². The van der Waals surface area contributed by atoms with Crippen LogP contribution in [0.3, 0.4) is 0 Å². The highest BCUT2D eigenvalue weighted by Gasteiger charge is 2.10. The van der Waals surface area contributed by atoms with Crippen molar-refractivity contribution in [1.82, 2.24) is 0 Å². The smallest absolute Gasteiger partial charge is 0.331 e. The van der Waals surface area contributed by atoms with Crippen LogP contribution < -0.4 is 0 Å². The van der Waals surface area contributed by atoms with Crippen molar-refractivity contribution in [3.05, 3.63) is 41.5 Å². The number of rotatable bonds is 4. The molecule has 2 N–H and O–H groups in total. The molecule has 3 nitrogen and oxygen atoms in total. The van der Waals surface area contributed by atoms with E-state index in [9.17, 15) is 4.79 Å². The van der Waals surface area contributed by atoms with Gasteiger partial charge in [-0.1, -0.05) is 30.3 Å². The zero-order valence-electron chi connectivity index (χ0n) is 8.55. The van der Waals surface area contributed by atoms with Crippen LogP contribution in [0.25, 0.3) is 6.08 Å². The number of aliphatic carboxylic acids is 1. The highest BCUT2D eigenvalue weighted by atomic mass is 16.4. The van der Waals surface area contributed by atoms with E-state index < -0.39 is 12.1 Å². The summed E-state index contributed by atoms with van der Waals surface area (Å²) < 4.78 is 0. The number of carboxylic acid groups (broad SMARTS) is 1. The van der Waals surface area contributed by atoms with Crippen molar-refractivity contribution >= 4 is 12.0 Å². The number of aliphatic hydroxyl groups is 1. The minimum Gasteiger partial charge on any atom is -0.478 e. The summed E-state index contributed by atoms with van der Waals surface area (Å²) in [6, 6.07) is 9.20. The maximum Gasteiger partial charge on any atom is 0.331 e. The van der Waals surface area contributed by atoms with E-state index >= 15 is 0 Å². The molecule has 0 heterocycles. The van der Waals surface area contributed by atoms with Gasteiger partial charge in [0.15, 0.2) is 0 Å². The highest BCUT2D eigenvalue weighted by Crippen LogP contribution is 2.12. The molecule has 80 valence electrons. The minimum atomic E-state index is -0.986. The Morgan fingerprint density at radius 1 is 1.40 bits per heavy atom. The first-order valence-electron chi connectivity index (χ1n) is 4.76. The summed E-state index contributed by atoms with van der Waals surface area (Å²) in [5.74, 6) is -0.986. The van der Waals surface area contributed by atoms with Crippen molar-refractivity contribution in [2.24, 2.45) is 0 Å². The molecule has 0 bridgehead atoms. The third kappa shape index (κ3) is 3.95. The standard InChI is InChI=1S/C12H14O3/c1-9(13)7-11(12(14)15)8-10-5-3-2-4-6-10/h2-6,8-9,13H,7H2,1H3,(H,14,15). The summed E-state index contributed by atoms with van der Waals surface area (Å²) in [6.07, 6.45) is 1.09. The Kier molecular flexibility index (Phi) is 4.06. The topological polar surface area (TPSA) is 57.5 Å². The molecule has 0 aliphatic heterocycles. The summed E-state index contributed by atoms with van der Waals surface area (Å²) in [4.78, 5) is 10.9. The molecular formula is C12H14O3. The van der Waals surface area contributed by atoms with Crippen molar-refractivity contribution in [2.45, 2.75) is 19.4 Å². The Balaban J connectivity index is 2.89. The lowest BCUT2D eigenvalue weighted by molar-refractivity contribution is -0.132. The molecule has 0 spiro atoms. The van der Waals surface area contributed by atoms with Crippen molar-refractivity contribution in [3.8, 4) is 0 Å². The SMILES string of the molecule is CC(O)CC(=Cc1ccccc1)C(=O)O. The molecule has 0 saturated heterocycles. The van der Waals surface area contributed by atoms with E-state index in [2.05, 4.69) is 0 Å². The summed E-state index contributed by atoms with van der Waals surface area (Å²) >= 11 is 0. The van der Waals surface area contributed by atoms with Gasteiger partial charge in [-0.25, -0.2) is 4.79 Å². The van der Waals surface area contributed by atoms with E-state index in [-0.39, 0.29) is 12.0 Å². The van der Waals surface area contributed by atoms with Gasteiger partial charge >= 0.3 is 5.97 Å². The maximum absolute atomic E-state index is 10.9. The first-order chi connectivity index (χ1) is 7.09. The Morgan fingerprint density at radius 2 is 2.00 bits per heavy atom. The van der Waals surface area contributed by atoms with Gasteiger partial charge in [0, 0.05) is 12.0 Å². The molecular weight excluding hydrogens is 192 g/mol. The number of carbonyl (C=O) groups is 1. The molecule has 0 radical (unpaired) electrons. The molecule has 0 saturated carbocycles. The second-order valence-corrected chi connectivity index (χ2v) is 3.44. The van der Waals surface area contributed by atoms with E-state index in [4.69, 9.17) is 10.2 Å². The molecule has 1 rings (SSSR count). The molecule has 1 atom stereocenters. The van der Waals surface area contributed by atoms with Gasteiger partial charge in [0.25, 0.3) is 0 Å². The van der Waals surface area contributed by atoms with E-state index in [0.717, 1.165) is 5.56 Å². The van der Waals surface area contributed by atoms with Crippen molar-refractivity contribution < 1.29 is 15.0 Å². The Hall–Kier alpha value is -1.61. The quantitative estimate of drug-likeness (QED) is 0.740. The largest absolute Gasteiger partial charge is 0.478 e. The summed E-state index contributed by atoms with van der Waals surface area (Å²) in [6.45, 7) is 1.57. The van der Waals surface area contributed by atoms with Crippen LogP contribution in [0.4, 0.5) is 0 Å². The Labute approximate surface area is 88.7 Å². The fourth-order valence-corrected chi connectivity index (χ4v) is 1.28. The van der Waals surface area contributed by atoms with Crippen LogP contribution in [-0.2, 0) is 4.79 Å². The third-order valence-electron chi connectivity index (χ3n) is 1.93. The van der Waals surface area contributed by atoms with Gasteiger partial charge in [-0.15, -0.1) is 0 Å². The first kappa shape index (κ1) is 11.5. The number of aliphatic hydroxyl groups excluding tert-OH is 1. The van der Waals surface area contributed by atoms with Gasteiger partial charge in [-0.3, -0.25) is 0 Å². The van der Waals surface area contributed by atoms with Crippen LogP contribution >= 0.6 is 0 Å². The highest BCUT2D eigenvalue weighted by molar-refractivity contribution is 5.92. The zero-order valence-corrected chi connectivity index (χ0v) is 8.55. The fraction of sp³-hybridized carbons (Fsp3) is 0.250. The van der Waals surface area contributed by atoms with Crippen molar-refractivity contribution in [2.75, 3.05) is 0 Å². The average molecular weight is 206 g/mol. The lowest BCUT2D eigenvalue weighted by Gasteiger charge is -2.05. The third-order valence-corrected chi connectivity index (χ3v) is 1.93. The van der Waals surface area contributed by atoms with E-state index in [1.165, 1.54) is 0 Å².